The third-order valence-corrected chi connectivity index (χ3v) is 19.4. The molecule has 19 heteroatoms. The van der Waals surface area contributed by atoms with Gasteiger partial charge >= 0.3 is 0 Å². The van der Waals surface area contributed by atoms with Crippen molar-refractivity contribution in [2.24, 2.45) is 0 Å². The minimum Gasteiger partial charge on any atom is -0.394 e. The van der Waals surface area contributed by atoms with Crippen LogP contribution >= 0.6 is 0 Å². The molecule has 558 valence electrons. The van der Waals surface area contributed by atoms with Crippen LogP contribution < -0.4 is 5.32 Å². The number of aliphatic hydroxyl groups is 11. The summed E-state index contributed by atoms with van der Waals surface area (Å²) < 4.78 is 34.4. The van der Waals surface area contributed by atoms with Gasteiger partial charge in [-0.2, -0.15) is 0 Å². The van der Waals surface area contributed by atoms with Crippen LogP contribution in [0, 0.1) is 0 Å². The smallest absolute Gasteiger partial charge is 0.220 e. The van der Waals surface area contributed by atoms with Gasteiger partial charge in [0.2, 0.25) is 5.91 Å². The van der Waals surface area contributed by atoms with Gasteiger partial charge in [0, 0.05) is 6.42 Å². The summed E-state index contributed by atoms with van der Waals surface area (Å²) in [6, 6.07) is -0.972. The maximum atomic E-state index is 13.5. The van der Waals surface area contributed by atoms with Gasteiger partial charge in [-0.1, -0.05) is 288 Å². The molecule has 3 heterocycles. The second-order valence-corrected chi connectivity index (χ2v) is 27.8. The Kier molecular flexibility index (Phi) is 52.9. The first-order valence-electron chi connectivity index (χ1n) is 38.7. The first-order valence-corrected chi connectivity index (χ1v) is 38.7. The summed E-state index contributed by atoms with van der Waals surface area (Å²) >= 11 is 0. The molecule has 95 heavy (non-hydrogen) atoms. The van der Waals surface area contributed by atoms with Gasteiger partial charge < -0.3 is 89.9 Å². The molecule has 3 aliphatic rings. The van der Waals surface area contributed by atoms with E-state index in [2.05, 4.69) is 43.5 Å². The first-order chi connectivity index (χ1) is 46.3. The fourth-order valence-corrected chi connectivity index (χ4v) is 13.2. The highest BCUT2D eigenvalue weighted by Gasteiger charge is 2.53. The topological polar surface area (TPSA) is 307 Å². The maximum Gasteiger partial charge on any atom is 0.220 e. The monoisotopic (exact) mass is 1360 g/mol. The molecule has 3 rings (SSSR count). The molecule has 3 saturated heterocycles. The summed E-state index contributed by atoms with van der Waals surface area (Å²) in [7, 11) is 0. The van der Waals surface area contributed by atoms with Gasteiger partial charge in [0.1, 0.15) is 73.2 Å². The first kappa shape index (κ1) is 87.2. The molecule has 3 aliphatic heterocycles. The zero-order chi connectivity index (χ0) is 68.9. The molecule has 3 fully saturated rings. The quantitative estimate of drug-likeness (QED) is 0.0199. The lowest BCUT2D eigenvalue weighted by Crippen LogP contribution is -2.66. The van der Waals surface area contributed by atoms with Crippen LogP contribution in [-0.4, -0.2) is 193 Å². The SMILES string of the molecule is CCCCCCC/C=C\C/C=C\CCCCCCCCCCCCCCCCCCCCCC(=O)NC(COC1OC(CO)C(OC2OC(CO)C(OC3OC(CO)C(O)C(O)C3O)C(O)C2O)C(O)C1O)C(O)/C=C/CCCCCCCCCCCCCCCCCCC. The fraction of sp³-hybridized carbons (Fsp3) is 0.908. The lowest BCUT2D eigenvalue weighted by molar-refractivity contribution is -0.379. The zero-order valence-electron chi connectivity index (χ0n) is 59.4. The Morgan fingerprint density at radius 2 is 0.695 bits per heavy atom. The van der Waals surface area contributed by atoms with E-state index >= 15 is 0 Å². The molecular weight excluding hydrogens is 1210 g/mol. The molecule has 0 aromatic rings. The van der Waals surface area contributed by atoms with Crippen LogP contribution in [0.25, 0.3) is 0 Å². The van der Waals surface area contributed by atoms with E-state index in [1.807, 2.05) is 6.08 Å². The average molecular weight is 1360 g/mol. The summed E-state index contributed by atoms with van der Waals surface area (Å²) in [4.78, 5) is 13.5. The second kappa shape index (κ2) is 57.6. The van der Waals surface area contributed by atoms with Crippen LogP contribution in [0.4, 0.5) is 0 Å². The highest BCUT2D eigenvalue weighted by atomic mass is 16.8. The molecule has 19 nitrogen and oxygen atoms in total. The molecule has 17 unspecified atom stereocenters. The number of unbranched alkanes of at least 4 members (excludes halogenated alkanes) is 41. The van der Waals surface area contributed by atoms with Crippen molar-refractivity contribution in [2.75, 3.05) is 26.4 Å². The van der Waals surface area contributed by atoms with E-state index in [9.17, 15) is 61.0 Å². The molecule has 0 radical (unpaired) electrons. The normalized spacial score (nSPS) is 27.4. The largest absolute Gasteiger partial charge is 0.394 e. The maximum absolute atomic E-state index is 13.5. The Balaban J connectivity index is 1.37. The molecule has 17 atom stereocenters. The number of nitrogens with one attached hydrogen (secondary N) is 1. The van der Waals surface area contributed by atoms with Gasteiger partial charge in [-0.05, 0) is 51.4 Å². The van der Waals surface area contributed by atoms with Crippen LogP contribution in [-0.2, 0) is 33.2 Å². The number of aliphatic hydroxyl groups excluding tert-OH is 11. The Morgan fingerprint density at radius 3 is 1.07 bits per heavy atom. The fourth-order valence-electron chi connectivity index (χ4n) is 13.2. The summed E-state index contributed by atoms with van der Waals surface area (Å²) in [6.45, 7) is 1.76. The van der Waals surface area contributed by atoms with Crippen molar-refractivity contribution < 1.29 is 89.4 Å². The average Bonchev–Trinajstić information content (AvgIpc) is 0.787. The van der Waals surface area contributed by atoms with Gasteiger partial charge in [-0.15, -0.1) is 0 Å². The number of rotatable bonds is 61. The minimum absolute atomic E-state index is 0.247. The standard InChI is InChI=1S/C76H141NO18/c1-3-5-7-9-11-13-15-17-19-21-23-24-25-26-27-28-29-30-31-32-33-34-36-38-40-42-44-46-48-50-52-54-64(82)77-59(60(81)53-51-49-47-45-43-41-39-37-35-22-20-18-16-14-12-10-8-6-4-2)58-90-74-70(88)67(85)72(62(56-79)92-74)95-76-71(89)68(86)73(63(57-80)93-76)94-75-69(87)66(84)65(83)61(55-78)91-75/h15,17,21,23,51,53,59-63,65-76,78-81,83-89H,3-14,16,18-20,22,24-50,52,54-58H2,1-2H3,(H,77,82)/b17-15-,23-21-,53-51+. The van der Waals surface area contributed by atoms with Crippen molar-refractivity contribution in [3.05, 3.63) is 36.5 Å². The number of allylic oxidation sites excluding steroid dienone is 5. The van der Waals surface area contributed by atoms with Crippen LogP contribution in [0.3, 0.4) is 0 Å². The predicted molar refractivity (Wildman–Crippen MR) is 374 cm³/mol. The van der Waals surface area contributed by atoms with Crippen LogP contribution in [0.1, 0.15) is 309 Å². The van der Waals surface area contributed by atoms with Crippen LogP contribution in [0.15, 0.2) is 36.5 Å². The van der Waals surface area contributed by atoms with Gasteiger partial charge in [0.05, 0.1) is 38.6 Å². The number of hydrogen-bond acceptors (Lipinski definition) is 18. The molecule has 0 bridgehead atoms. The van der Waals surface area contributed by atoms with Crippen molar-refractivity contribution in [3.63, 3.8) is 0 Å². The highest BCUT2D eigenvalue weighted by molar-refractivity contribution is 5.76. The highest BCUT2D eigenvalue weighted by Crippen LogP contribution is 2.33. The summed E-state index contributed by atoms with van der Waals surface area (Å²) in [5, 5.41) is 121. The van der Waals surface area contributed by atoms with Gasteiger partial charge in [-0.25, -0.2) is 0 Å². The number of carbonyl (C=O) groups excluding carboxylic acids is 1. The predicted octanol–water partition coefficient (Wildman–Crippen LogP) is 11.9. The lowest BCUT2D eigenvalue weighted by Gasteiger charge is -2.48. The molecular formula is C76H141NO18. The van der Waals surface area contributed by atoms with Crippen molar-refractivity contribution in [1.82, 2.24) is 5.32 Å². The van der Waals surface area contributed by atoms with E-state index in [4.69, 9.17) is 28.4 Å². The van der Waals surface area contributed by atoms with E-state index in [1.165, 1.54) is 231 Å². The number of carbonyl (C=O) groups is 1. The summed E-state index contributed by atoms with van der Waals surface area (Å²) in [5.41, 5.74) is 0. The Hall–Kier alpha value is -1.99. The lowest BCUT2D eigenvalue weighted by atomic mass is 9.96. The Morgan fingerprint density at radius 1 is 0.379 bits per heavy atom. The molecule has 1 amide bonds. The second-order valence-electron chi connectivity index (χ2n) is 27.8. The van der Waals surface area contributed by atoms with Gasteiger partial charge in [0.25, 0.3) is 0 Å². The van der Waals surface area contributed by atoms with Crippen LogP contribution in [0.2, 0.25) is 0 Å². The molecule has 0 aromatic heterocycles. The molecule has 0 spiro atoms. The van der Waals surface area contributed by atoms with E-state index < -0.39 is 124 Å². The number of hydrogen-bond donors (Lipinski definition) is 12. The molecule has 0 aliphatic carbocycles. The zero-order valence-corrected chi connectivity index (χ0v) is 59.4. The van der Waals surface area contributed by atoms with E-state index in [0.29, 0.717) is 6.42 Å². The molecule has 0 saturated carbocycles. The minimum atomic E-state index is -1.98. The van der Waals surface area contributed by atoms with E-state index in [-0.39, 0.29) is 18.9 Å². The summed E-state index contributed by atoms with van der Waals surface area (Å²) in [6.07, 6.45) is 42.7. The van der Waals surface area contributed by atoms with E-state index in [0.717, 1.165) is 51.4 Å². The third-order valence-electron chi connectivity index (χ3n) is 19.4. The number of ether oxygens (including phenoxy) is 6. The molecule has 12 N–H and O–H groups in total. The van der Waals surface area contributed by atoms with Crippen molar-refractivity contribution in [1.29, 1.82) is 0 Å². The van der Waals surface area contributed by atoms with Crippen molar-refractivity contribution in [3.8, 4) is 0 Å². The van der Waals surface area contributed by atoms with Gasteiger partial charge in [0.15, 0.2) is 18.9 Å². The molecule has 0 aromatic carbocycles. The van der Waals surface area contributed by atoms with Crippen LogP contribution in [0.5, 0.6) is 0 Å². The van der Waals surface area contributed by atoms with Crippen molar-refractivity contribution in [2.45, 2.75) is 413 Å². The summed E-state index contributed by atoms with van der Waals surface area (Å²) in [5.74, 6) is -0.270. The Bertz CT molecular complexity index is 1860. The van der Waals surface area contributed by atoms with Gasteiger partial charge in [-0.3, -0.25) is 4.79 Å². The van der Waals surface area contributed by atoms with Crippen molar-refractivity contribution >= 4 is 5.91 Å². The Labute approximate surface area is 574 Å². The van der Waals surface area contributed by atoms with E-state index in [1.54, 1.807) is 6.08 Å². The number of amides is 1. The third kappa shape index (κ3) is 38.6.